The molecule has 0 spiro atoms. The highest BCUT2D eigenvalue weighted by molar-refractivity contribution is 6.03. The van der Waals surface area contributed by atoms with Crippen LogP contribution in [-0.4, -0.2) is 56.2 Å². The number of hydrogen-bond donors (Lipinski definition) is 4. The minimum atomic E-state index is -1.53. The van der Waals surface area contributed by atoms with Gasteiger partial charge in [0, 0.05) is 0 Å². The SMILES string of the molecule is O=C(Oc1ccc(C(=O)O)c(C(=O)O)c1)c1ccc(C(=O)Oc2ccc(C(=O)O)c(C(=O)O)c2)cc1. The fraction of sp³-hybridized carbons (Fsp3) is 0. The monoisotopic (exact) mass is 494 g/mol. The Labute approximate surface area is 200 Å². The highest BCUT2D eigenvalue weighted by Crippen LogP contribution is 2.22. The Bertz CT molecular complexity index is 1310. The number of benzene rings is 3. The van der Waals surface area contributed by atoms with Gasteiger partial charge in [-0.2, -0.15) is 0 Å². The van der Waals surface area contributed by atoms with Gasteiger partial charge >= 0.3 is 35.8 Å². The first-order chi connectivity index (χ1) is 17.0. The molecule has 0 radical (unpaired) electrons. The van der Waals surface area contributed by atoms with E-state index in [0.29, 0.717) is 0 Å². The van der Waals surface area contributed by atoms with Gasteiger partial charge in [-0.25, -0.2) is 28.8 Å². The predicted molar refractivity (Wildman–Crippen MR) is 117 cm³/mol. The maximum Gasteiger partial charge on any atom is 0.343 e. The van der Waals surface area contributed by atoms with Crippen molar-refractivity contribution in [1.29, 1.82) is 0 Å². The van der Waals surface area contributed by atoms with E-state index < -0.39 is 58.1 Å². The molecule has 36 heavy (non-hydrogen) atoms. The van der Waals surface area contributed by atoms with Gasteiger partial charge in [0.05, 0.1) is 33.4 Å². The van der Waals surface area contributed by atoms with E-state index in [-0.39, 0.29) is 22.6 Å². The first-order valence-corrected chi connectivity index (χ1v) is 9.73. The van der Waals surface area contributed by atoms with E-state index in [1.165, 1.54) is 24.3 Å². The van der Waals surface area contributed by atoms with Gasteiger partial charge in [0.15, 0.2) is 0 Å². The zero-order valence-corrected chi connectivity index (χ0v) is 17.8. The lowest BCUT2D eigenvalue weighted by Crippen LogP contribution is -2.13. The van der Waals surface area contributed by atoms with Crippen molar-refractivity contribution in [1.82, 2.24) is 0 Å². The van der Waals surface area contributed by atoms with Crippen LogP contribution in [0.4, 0.5) is 0 Å². The van der Waals surface area contributed by atoms with Crippen molar-refractivity contribution in [3.63, 3.8) is 0 Å². The number of aromatic carboxylic acids is 4. The molecule has 4 N–H and O–H groups in total. The number of carbonyl (C=O) groups is 6. The molecule has 0 aliphatic rings. The van der Waals surface area contributed by atoms with Crippen LogP contribution >= 0.6 is 0 Å². The molecule has 0 atom stereocenters. The number of carboxylic acids is 4. The van der Waals surface area contributed by atoms with Gasteiger partial charge in [-0.05, 0) is 60.7 Å². The van der Waals surface area contributed by atoms with E-state index in [2.05, 4.69) is 0 Å². The summed E-state index contributed by atoms with van der Waals surface area (Å²) < 4.78 is 10.1. The fourth-order valence-electron chi connectivity index (χ4n) is 2.97. The second-order valence-corrected chi connectivity index (χ2v) is 6.99. The summed E-state index contributed by atoms with van der Waals surface area (Å²) in [4.78, 5) is 69.5. The molecule has 12 heteroatoms. The Hall–Kier alpha value is -5.52. The van der Waals surface area contributed by atoms with Crippen molar-refractivity contribution in [2.45, 2.75) is 0 Å². The van der Waals surface area contributed by atoms with Crippen LogP contribution in [-0.2, 0) is 0 Å². The zero-order valence-electron chi connectivity index (χ0n) is 17.8. The third-order valence-corrected chi connectivity index (χ3v) is 4.68. The molecule has 3 rings (SSSR count). The highest BCUT2D eigenvalue weighted by Gasteiger charge is 2.20. The first kappa shape index (κ1) is 25.1. The largest absolute Gasteiger partial charge is 0.478 e. The lowest BCUT2D eigenvalue weighted by Gasteiger charge is -2.09. The van der Waals surface area contributed by atoms with E-state index in [1.54, 1.807) is 0 Å². The van der Waals surface area contributed by atoms with Crippen LogP contribution in [0.25, 0.3) is 0 Å². The molecule has 0 heterocycles. The minimum absolute atomic E-state index is 0.0373. The molecule has 0 bridgehead atoms. The van der Waals surface area contributed by atoms with Crippen LogP contribution in [0, 0.1) is 0 Å². The maximum atomic E-state index is 12.4. The van der Waals surface area contributed by atoms with Crippen LogP contribution in [0.15, 0.2) is 60.7 Å². The van der Waals surface area contributed by atoms with Gasteiger partial charge in [0.2, 0.25) is 0 Å². The standard InChI is InChI=1S/C24H14O12/c25-19(26)15-7-5-13(9-17(15)21(29)30)35-23(33)11-1-2-12(4-3-11)24(34)36-14-6-8-16(20(27)28)18(10-14)22(31)32/h1-10H,(H,25,26)(H,27,28)(H,29,30)(H,31,32). The van der Waals surface area contributed by atoms with Crippen LogP contribution in [0.5, 0.6) is 11.5 Å². The van der Waals surface area contributed by atoms with Gasteiger partial charge in [0.1, 0.15) is 11.5 Å². The normalized spacial score (nSPS) is 10.2. The third kappa shape index (κ3) is 5.51. The molecule has 0 saturated heterocycles. The van der Waals surface area contributed by atoms with Crippen molar-refractivity contribution in [2.24, 2.45) is 0 Å². The van der Waals surface area contributed by atoms with Crippen LogP contribution in [0.1, 0.15) is 62.1 Å². The first-order valence-electron chi connectivity index (χ1n) is 9.73. The molecule has 0 aromatic heterocycles. The lowest BCUT2D eigenvalue weighted by molar-refractivity contribution is 0.0649. The van der Waals surface area contributed by atoms with Crippen LogP contribution in [0.2, 0.25) is 0 Å². The zero-order chi connectivity index (χ0) is 26.6. The summed E-state index contributed by atoms with van der Waals surface area (Å²) in [5, 5.41) is 36.4. The molecular weight excluding hydrogens is 480 g/mol. The second kappa shape index (κ2) is 10.2. The van der Waals surface area contributed by atoms with Crippen molar-refractivity contribution >= 4 is 35.8 Å². The number of esters is 2. The molecule has 0 saturated carbocycles. The van der Waals surface area contributed by atoms with E-state index in [1.807, 2.05) is 0 Å². The summed E-state index contributed by atoms with van der Waals surface area (Å²) >= 11 is 0. The highest BCUT2D eigenvalue weighted by atomic mass is 16.5. The third-order valence-electron chi connectivity index (χ3n) is 4.68. The average Bonchev–Trinajstić information content (AvgIpc) is 2.83. The molecule has 182 valence electrons. The van der Waals surface area contributed by atoms with Crippen molar-refractivity contribution in [2.75, 3.05) is 0 Å². The Balaban J connectivity index is 1.74. The van der Waals surface area contributed by atoms with Gasteiger partial charge < -0.3 is 29.9 Å². The summed E-state index contributed by atoms with van der Waals surface area (Å²) in [7, 11) is 0. The van der Waals surface area contributed by atoms with Crippen molar-refractivity contribution < 1.29 is 58.7 Å². The van der Waals surface area contributed by atoms with Crippen LogP contribution in [0.3, 0.4) is 0 Å². The van der Waals surface area contributed by atoms with E-state index in [0.717, 1.165) is 36.4 Å². The smallest absolute Gasteiger partial charge is 0.343 e. The topological polar surface area (TPSA) is 202 Å². The molecule has 0 aliphatic carbocycles. The number of carboxylic acid groups (broad SMARTS) is 4. The Morgan fingerprint density at radius 2 is 0.750 bits per heavy atom. The summed E-state index contributed by atoms with van der Waals surface area (Å²) in [6.07, 6.45) is 0. The van der Waals surface area contributed by atoms with Gasteiger partial charge in [-0.15, -0.1) is 0 Å². The van der Waals surface area contributed by atoms with Crippen molar-refractivity contribution in [3.05, 3.63) is 94.0 Å². The van der Waals surface area contributed by atoms with E-state index in [9.17, 15) is 28.8 Å². The van der Waals surface area contributed by atoms with Gasteiger partial charge in [0.25, 0.3) is 0 Å². The second-order valence-electron chi connectivity index (χ2n) is 6.99. The molecule has 3 aromatic rings. The summed E-state index contributed by atoms with van der Waals surface area (Å²) in [5.41, 5.74) is -2.20. The summed E-state index contributed by atoms with van der Waals surface area (Å²) in [6.45, 7) is 0. The summed E-state index contributed by atoms with van der Waals surface area (Å²) in [5.74, 6) is -8.28. The number of carbonyl (C=O) groups excluding carboxylic acids is 2. The molecule has 3 aromatic carbocycles. The lowest BCUT2D eigenvalue weighted by atomic mass is 10.1. The average molecular weight is 494 g/mol. The molecule has 0 aliphatic heterocycles. The molecule has 0 unspecified atom stereocenters. The van der Waals surface area contributed by atoms with Gasteiger partial charge in [-0.1, -0.05) is 0 Å². The van der Waals surface area contributed by atoms with Crippen LogP contribution < -0.4 is 9.47 Å². The fourth-order valence-corrected chi connectivity index (χ4v) is 2.97. The number of ether oxygens (including phenoxy) is 2. The quantitative estimate of drug-likeness (QED) is 0.264. The van der Waals surface area contributed by atoms with E-state index in [4.69, 9.17) is 29.9 Å². The van der Waals surface area contributed by atoms with Gasteiger partial charge in [-0.3, -0.25) is 0 Å². The summed E-state index contributed by atoms with van der Waals surface area (Å²) in [6, 6.07) is 10.8. The molecule has 12 nitrogen and oxygen atoms in total. The molecule has 0 fully saturated rings. The molecule has 0 amide bonds. The predicted octanol–water partition coefficient (Wildman–Crippen LogP) is 2.92. The minimum Gasteiger partial charge on any atom is -0.478 e. The Kier molecular flexibility index (Phi) is 7.10. The number of hydrogen-bond acceptors (Lipinski definition) is 8. The maximum absolute atomic E-state index is 12.4. The Morgan fingerprint density at radius 1 is 0.444 bits per heavy atom. The van der Waals surface area contributed by atoms with E-state index >= 15 is 0 Å². The number of rotatable bonds is 8. The Morgan fingerprint density at radius 3 is 1.03 bits per heavy atom. The molecular formula is C24H14O12. The van der Waals surface area contributed by atoms with Crippen molar-refractivity contribution in [3.8, 4) is 11.5 Å².